The van der Waals surface area contributed by atoms with Gasteiger partial charge in [0.05, 0.1) is 0 Å². The molecule has 0 aromatic carbocycles. The molecule has 60 valence electrons. The summed E-state index contributed by atoms with van der Waals surface area (Å²) in [6, 6.07) is 0. The molecule has 1 atom stereocenters. The third-order valence-corrected chi connectivity index (χ3v) is 5.68. The maximum absolute atomic E-state index is 5.83. The molecule has 0 bridgehead atoms. The monoisotopic (exact) mass is 272 g/mol. The summed E-state index contributed by atoms with van der Waals surface area (Å²) in [7, 11) is 5.83. The van der Waals surface area contributed by atoms with Crippen molar-refractivity contribution in [2.45, 2.75) is 38.9 Å². The first-order valence-electron chi connectivity index (χ1n) is 3.31. The Balaban J connectivity index is 2.51. The molecule has 0 saturated carbocycles. The van der Waals surface area contributed by atoms with Gasteiger partial charge in [0, 0.05) is 0 Å². The topological polar surface area (TPSA) is 18.5 Å². The first kappa shape index (κ1) is 9.12. The van der Waals surface area contributed by atoms with Crippen LogP contribution in [0.25, 0.3) is 0 Å². The third-order valence-electron chi connectivity index (χ3n) is 1.36. The van der Waals surface area contributed by atoms with Gasteiger partial charge in [-0.15, -0.1) is 0 Å². The predicted octanol–water partition coefficient (Wildman–Crippen LogP) is 1.81. The first-order chi connectivity index (χ1) is 4.49. The summed E-state index contributed by atoms with van der Waals surface area (Å²) in [6.45, 7) is 6.17. The van der Waals surface area contributed by atoms with Crippen LogP contribution in [0.4, 0.5) is 0 Å². The molecule has 1 aliphatic heterocycles. The van der Waals surface area contributed by atoms with Gasteiger partial charge >= 0.3 is 73.7 Å². The number of rotatable bonds is 0. The normalized spacial score (nSPS) is 34.2. The summed E-state index contributed by atoms with van der Waals surface area (Å²) in [5.74, 6) is 0. The first-order valence-corrected chi connectivity index (χ1v) is 8.63. The van der Waals surface area contributed by atoms with Crippen LogP contribution in [0.15, 0.2) is 0 Å². The SMILES string of the molecule is CC1CC(C)(C)[O][Sb]([Cl])[O]1. The number of hydrogen-bond donors (Lipinski definition) is 0. The van der Waals surface area contributed by atoms with E-state index in [4.69, 9.17) is 14.9 Å². The standard InChI is InChI=1S/C6H12O2.ClH.Sb/c1-5(7)4-6(2,3)8;;/h5H,4H2,1-3H3;1H;/q-2;;+3/p-1. The van der Waals surface area contributed by atoms with Crippen molar-refractivity contribution in [3.8, 4) is 0 Å². The van der Waals surface area contributed by atoms with E-state index in [0.717, 1.165) is 6.42 Å². The third kappa shape index (κ3) is 2.58. The van der Waals surface area contributed by atoms with Crippen LogP contribution >= 0.6 is 8.83 Å². The average molecular weight is 273 g/mol. The van der Waals surface area contributed by atoms with E-state index in [-0.39, 0.29) is 11.7 Å². The average Bonchev–Trinajstić information content (AvgIpc) is 1.54. The van der Waals surface area contributed by atoms with E-state index in [1.54, 1.807) is 0 Å². The Morgan fingerprint density at radius 3 is 2.60 bits per heavy atom. The molecule has 0 aromatic rings. The zero-order valence-corrected chi connectivity index (χ0v) is 9.73. The molecule has 0 spiro atoms. The van der Waals surface area contributed by atoms with Gasteiger partial charge in [-0.25, -0.2) is 0 Å². The van der Waals surface area contributed by atoms with Gasteiger partial charge in [-0.2, -0.15) is 0 Å². The Labute approximate surface area is 73.6 Å². The Morgan fingerprint density at radius 2 is 2.20 bits per heavy atom. The minimum atomic E-state index is -2.20. The molecular weight excluding hydrogens is 261 g/mol. The van der Waals surface area contributed by atoms with Crippen LogP contribution in [0.5, 0.6) is 0 Å². The predicted molar refractivity (Wildman–Crippen MR) is 41.9 cm³/mol. The second-order valence-electron chi connectivity index (χ2n) is 3.18. The maximum atomic E-state index is 5.83. The molecule has 2 nitrogen and oxygen atoms in total. The zero-order chi connectivity index (χ0) is 7.78. The van der Waals surface area contributed by atoms with Crippen LogP contribution in [0, 0.1) is 0 Å². The molecule has 0 aliphatic carbocycles. The summed E-state index contributed by atoms with van der Waals surface area (Å²) in [4.78, 5) is 0. The molecule has 1 unspecified atom stereocenters. The number of hydrogen-bond acceptors (Lipinski definition) is 2. The summed E-state index contributed by atoms with van der Waals surface area (Å²) in [5, 5.41) is 0. The molecule has 1 heterocycles. The molecule has 0 amide bonds. The van der Waals surface area contributed by atoms with Crippen molar-refractivity contribution in [1.29, 1.82) is 0 Å². The van der Waals surface area contributed by atoms with Crippen LogP contribution in [0.2, 0.25) is 0 Å². The van der Waals surface area contributed by atoms with Crippen molar-refractivity contribution in [2.24, 2.45) is 0 Å². The van der Waals surface area contributed by atoms with Crippen LogP contribution in [0.3, 0.4) is 0 Å². The fourth-order valence-electron chi connectivity index (χ4n) is 1.12. The van der Waals surface area contributed by atoms with Crippen molar-refractivity contribution >= 4 is 28.7 Å². The van der Waals surface area contributed by atoms with Crippen molar-refractivity contribution in [3.63, 3.8) is 0 Å². The van der Waals surface area contributed by atoms with Gasteiger partial charge in [0.15, 0.2) is 0 Å². The van der Waals surface area contributed by atoms with Gasteiger partial charge in [-0.1, -0.05) is 0 Å². The molecule has 4 heteroatoms. The molecule has 1 saturated heterocycles. The van der Waals surface area contributed by atoms with Crippen molar-refractivity contribution in [2.75, 3.05) is 0 Å². The van der Waals surface area contributed by atoms with E-state index < -0.39 is 19.9 Å². The van der Waals surface area contributed by atoms with Crippen molar-refractivity contribution < 1.29 is 6.03 Å². The fourth-order valence-corrected chi connectivity index (χ4v) is 5.75. The van der Waals surface area contributed by atoms with Gasteiger partial charge in [-0.3, -0.25) is 0 Å². The van der Waals surface area contributed by atoms with Gasteiger partial charge in [0.2, 0.25) is 0 Å². The summed E-state index contributed by atoms with van der Waals surface area (Å²) < 4.78 is 10.8. The molecule has 0 aromatic heterocycles. The quantitative estimate of drug-likeness (QED) is 0.627. The molecule has 1 rings (SSSR count). The molecule has 10 heavy (non-hydrogen) atoms. The van der Waals surface area contributed by atoms with Gasteiger partial charge in [-0.05, 0) is 0 Å². The molecule has 0 N–H and O–H groups in total. The molecule has 1 aliphatic rings. The molecule has 0 radical (unpaired) electrons. The Kier molecular flexibility index (Phi) is 2.90. The van der Waals surface area contributed by atoms with E-state index in [2.05, 4.69) is 13.8 Å². The van der Waals surface area contributed by atoms with Gasteiger partial charge < -0.3 is 0 Å². The van der Waals surface area contributed by atoms with E-state index in [9.17, 15) is 0 Å². The minimum absolute atomic E-state index is 0.0534. The van der Waals surface area contributed by atoms with Crippen molar-refractivity contribution in [1.82, 2.24) is 0 Å². The fraction of sp³-hybridized carbons (Fsp3) is 1.00. The summed E-state index contributed by atoms with van der Waals surface area (Å²) >= 11 is -2.20. The second kappa shape index (κ2) is 3.18. The van der Waals surface area contributed by atoms with E-state index in [0.29, 0.717) is 0 Å². The Bertz CT molecular complexity index is 117. The molecule has 1 fully saturated rings. The van der Waals surface area contributed by atoms with E-state index in [1.165, 1.54) is 0 Å². The van der Waals surface area contributed by atoms with Crippen LogP contribution < -0.4 is 0 Å². The van der Waals surface area contributed by atoms with E-state index >= 15 is 0 Å². The summed E-state index contributed by atoms with van der Waals surface area (Å²) in [6.07, 6.45) is 1.23. The zero-order valence-electron chi connectivity index (χ0n) is 6.43. The van der Waals surface area contributed by atoms with E-state index in [1.807, 2.05) is 6.92 Å². The van der Waals surface area contributed by atoms with Gasteiger partial charge in [0.1, 0.15) is 0 Å². The Morgan fingerprint density at radius 1 is 1.60 bits per heavy atom. The Hall–Kier alpha value is 1.03. The van der Waals surface area contributed by atoms with Crippen molar-refractivity contribution in [3.05, 3.63) is 0 Å². The summed E-state index contributed by atoms with van der Waals surface area (Å²) in [5.41, 5.74) is -0.0534. The second-order valence-corrected chi connectivity index (χ2v) is 7.37. The van der Waals surface area contributed by atoms with Crippen LogP contribution in [0.1, 0.15) is 27.2 Å². The van der Waals surface area contributed by atoms with Gasteiger partial charge in [0.25, 0.3) is 0 Å². The van der Waals surface area contributed by atoms with Crippen LogP contribution in [-0.4, -0.2) is 31.6 Å². The number of halogens is 1. The molecular formula is C6H12ClO2Sb. The van der Waals surface area contributed by atoms with Crippen LogP contribution in [-0.2, 0) is 6.03 Å².